The zero-order chi connectivity index (χ0) is 15.9. The van der Waals surface area contributed by atoms with E-state index in [1.54, 1.807) is 30.3 Å². The van der Waals surface area contributed by atoms with Crippen LogP contribution in [0.2, 0.25) is 0 Å². The molecule has 7 heteroatoms. The van der Waals surface area contributed by atoms with Gasteiger partial charge >= 0.3 is 0 Å². The second-order valence-electron chi connectivity index (χ2n) is 5.11. The van der Waals surface area contributed by atoms with Gasteiger partial charge in [0, 0.05) is 6.54 Å². The van der Waals surface area contributed by atoms with Crippen LogP contribution in [0.4, 0.5) is 5.69 Å². The molecule has 0 radical (unpaired) electrons. The van der Waals surface area contributed by atoms with Gasteiger partial charge in [-0.15, -0.1) is 0 Å². The van der Waals surface area contributed by atoms with Crippen molar-refractivity contribution in [3.8, 4) is 0 Å². The van der Waals surface area contributed by atoms with Crippen LogP contribution >= 0.6 is 0 Å². The standard InChI is InChI=1S/C14H23N3O3S/c1-16(2)11-7-10-15-14(18)12-17(21(3,19)20)13-8-5-4-6-9-13/h4-6,8-9H,7,10-12H2,1-3H3,(H,15,18). The average molecular weight is 313 g/mol. The van der Waals surface area contributed by atoms with Crippen molar-refractivity contribution < 1.29 is 13.2 Å². The summed E-state index contributed by atoms with van der Waals surface area (Å²) >= 11 is 0. The van der Waals surface area contributed by atoms with E-state index in [1.165, 1.54) is 0 Å². The summed E-state index contributed by atoms with van der Waals surface area (Å²) in [6, 6.07) is 8.61. The number of anilines is 1. The summed E-state index contributed by atoms with van der Waals surface area (Å²) < 4.78 is 24.8. The second-order valence-corrected chi connectivity index (χ2v) is 7.02. The Kier molecular flexibility index (Phi) is 6.64. The van der Waals surface area contributed by atoms with Gasteiger partial charge < -0.3 is 10.2 Å². The highest BCUT2D eigenvalue weighted by molar-refractivity contribution is 7.92. The van der Waals surface area contributed by atoms with Crippen molar-refractivity contribution in [1.29, 1.82) is 0 Å². The minimum Gasteiger partial charge on any atom is -0.354 e. The number of hydrogen-bond donors (Lipinski definition) is 1. The van der Waals surface area contributed by atoms with Crippen molar-refractivity contribution in [2.75, 3.05) is 44.3 Å². The van der Waals surface area contributed by atoms with Crippen LogP contribution in [0, 0.1) is 0 Å². The van der Waals surface area contributed by atoms with Crippen molar-refractivity contribution >= 4 is 21.6 Å². The van der Waals surface area contributed by atoms with Crippen LogP contribution < -0.4 is 9.62 Å². The van der Waals surface area contributed by atoms with Gasteiger partial charge in [0.15, 0.2) is 0 Å². The Morgan fingerprint density at radius 2 is 1.81 bits per heavy atom. The maximum atomic E-state index is 11.9. The van der Waals surface area contributed by atoms with E-state index >= 15 is 0 Å². The van der Waals surface area contributed by atoms with Crippen LogP contribution in [-0.4, -0.2) is 59.2 Å². The number of benzene rings is 1. The number of amides is 1. The highest BCUT2D eigenvalue weighted by Gasteiger charge is 2.20. The molecular formula is C14H23N3O3S. The third kappa shape index (κ3) is 6.59. The normalized spacial score (nSPS) is 11.4. The topological polar surface area (TPSA) is 69.7 Å². The Bertz CT molecular complexity index is 544. The van der Waals surface area contributed by atoms with Gasteiger partial charge in [0.25, 0.3) is 0 Å². The fourth-order valence-electron chi connectivity index (χ4n) is 1.80. The van der Waals surface area contributed by atoms with Crippen LogP contribution in [0.5, 0.6) is 0 Å². The summed E-state index contributed by atoms with van der Waals surface area (Å²) in [6.07, 6.45) is 1.92. The average Bonchev–Trinajstić information content (AvgIpc) is 2.40. The van der Waals surface area contributed by atoms with Crippen LogP contribution in [-0.2, 0) is 14.8 Å². The molecule has 0 spiro atoms. The molecular weight excluding hydrogens is 290 g/mol. The fourth-order valence-corrected chi connectivity index (χ4v) is 2.66. The van der Waals surface area contributed by atoms with Crippen molar-refractivity contribution in [3.63, 3.8) is 0 Å². The fraction of sp³-hybridized carbons (Fsp3) is 0.500. The van der Waals surface area contributed by atoms with Gasteiger partial charge in [-0.05, 0) is 39.2 Å². The van der Waals surface area contributed by atoms with E-state index in [9.17, 15) is 13.2 Å². The van der Waals surface area contributed by atoms with Gasteiger partial charge in [0.1, 0.15) is 6.54 Å². The lowest BCUT2D eigenvalue weighted by Gasteiger charge is -2.21. The number of rotatable bonds is 8. The summed E-state index contributed by atoms with van der Waals surface area (Å²) in [5.41, 5.74) is 0.489. The van der Waals surface area contributed by atoms with E-state index in [2.05, 4.69) is 5.32 Å². The molecule has 1 N–H and O–H groups in total. The van der Waals surface area contributed by atoms with E-state index in [0.29, 0.717) is 12.2 Å². The minimum atomic E-state index is -3.49. The van der Waals surface area contributed by atoms with Gasteiger partial charge in [-0.1, -0.05) is 18.2 Å². The lowest BCUT2D eigenvalue weighted by atomic mass is 10.3. The molecule has 6 nitrogen and oxygen atoms in total. The Hall–Kier alpha value is -1.60. The molecule has 1 rings (SSSR count). The summed E-state index contributed by atoms with van der Waals surface area (Å²) in [7, 11) is 0.429. The highest BCUT2D eigenvalue weighted by atomic mass is 32.2. The molecule has 0 unspecified atom stereocenters. The molecule has 0 aliphatic heterocycles. The lowest BCUT2D eigenvalue weighted by molar-refractivity contribution is -0.119. The summed E-state index contributed by atoms with van der Waals surface area (Å²) in [5, 5.41) is 2.74. The van der Waals surface area contributed by atoms with Gasteiger partial charge in [-0.25, -0.2) is 8.42 Å². The minimum absolute atomic E-state index is 0.204. The molecule has 0 saturated carbocycles. The van der Waals surface area contributed by atoms with E-state index in [-0.39, 0.29) is 12.5 Å². The molecule has 0 atom stereocenters. The largest absolute Gasteiger partial charge is 0.354 e. The zero-order valence-corrected chi connectivity index (χ0v) is 13.6. The van der Waals surface area contributed by atoms with E-state index in [1.807, 2.05) is 19.0 Å². The molecule has 0 aliphatic rings. The quantitative estimate of drug-likeness (QED) is 0.711. The number of carbonyl (C=O) groups excluding carboxylic acids is 1. The second kappa shape index (κ2) is 7.99. The Balaban J connectivity index is 2.61. The Morgan fingerprint density at radius 1 is 1.19 bits per heavy atom. The smallest absolute Gasteiger partial charge is 0.240 e. The molecule has 1 amide bonds. The lowest BCUT2D eigenvalue weighted by Crippen LogP contribution is -2.41. The van der Waals surface area contributed by atoms with Crippen molar-refractivity contribution in [3.05, 3.63) is 30.3 Å². The van der Waals surface area contributed by atoms with Crippen molar-refractivity contribution in [2.45, 2.75) is 6.42 Å². The first-order valence-electron chi connectivity index (χ1n) is 6.75. The molecule has 0 aliphatic carbocycles. The van der Waals surface area contributed by atoms with Crippen molar-refractivity contribution in [1.82, 2.24) is 10.2 Å². The SMILES string of the molecule is CN(C)CCCNC(=O)CN(c1ccccc1)S(C)(=O)=O. The first kappa shape index (κ1) is 17.5. The molecule has 0 saturated heterocycles. The van der Waals surface area contributed by atoms with Crippen LogP contribution in [0.3, 0.4) is 0 Å². The van der Waals surface area contributed by atoms with Crippen LogP contribution in [0.15, 0.2) is 30.3 Å². The molecule has 0 bridgehead atoms. The van der Waals surface area contributed by atoms with E-state index < -0.39 is 10.0 Å². The summed E-state index contributed by atoms with van der Waals surface area (Å²) in [6.45, 7) is 1.20. The third-order valence-electron chi connectivity index (χ3n) is 2.84. The first-order chi connectivity index (χ1) is 9.80. The number of carbonyl (C=O) groups is 1. The van der Waals surface area contributed by atoms with Crippen molar-refractivity contribution in [2.24, 2.45) is 0 Å². The first-order valence-corrected chi connectivity index (χ1v) is 8.59. The predicted molar refractivity (Wildman–Crippen MR) is 84.8 cm³/mol. The number of sulfonamides is 1. The number of nitrogens with one attached hydrogen (secondary N) is 1. The van der Waals surface area contributed by atoms with E-state index in [0.717, 1.165) is 23.5 Å². The number of hydrogen-bond acceptors (Lipinski definition) is 4. The molecule has 0 fully saturated rings. The molecule has 21 heavy (non-hydrogen) atoms. The molecule has 1 aromatic carbocycles. The Labute approximate surface area is 126 Å². The number of para-hydroxylation sites is 1. The highest BCUT2D eigenvalue weighted by Crippen LogP contribution is 2.15. The predicted octanol–water partition coefficient (Wildman–Crippen LogP) is 0.521. The molecule has 1 aromatic rings. The monoisotopic (exact) mass is 313 g/mol. The van der Waals surface area contributed by atoms with Gasteiger partial charge in [0.2, 0.25) is 15.9 Å². The maximum Gasteiger partial charge on any atom is 0.240 e. The third-order valence-corrected chi connectivity index (χ3v) is 3.98. The maximum absolute atomic E-state index is 11.9. The van der Waals surface area contributed by atoms with Gasteiger partial charge in [0.05, 0.1) is 11.9 Å². The van der Waals surface area contributed by atoms with Crippen LogP contribution in [0.25, 0.3) is 0 Å². The zero-order valence-electron chi connectivity index (χ0n) is 12.7. The van der Waals surface area contributed by atoms with E-state index in [4.69, 9.17) is 0 Å². The van der Waals surface area contributed by atoms with Gasteiger partial charge in [-0.2, -0.15) is 0 Å². The summed E-state index contributed by atoms with van der Waals surface area (Å²) in [5.74, 6) is -0.303. The molecule has 118 valence electrons. The molecule has 0 heterocycles. The summed E-state index contributed by atoms with van der Waals surface area (Å²) in [4.78, 5) is 13.9. The van der Waals surface area contributed by atoms with Crippen LogP contribution in [0.1, 0.15) is 6.42 Å². The molecule has 0 aromatic heterocycles. The van der Waals surface area contributed by atoms with Gasteiger partial charge in [-0.3, -0.25) is 9.10 Å². The number of nitrogens with zero attached hydrogens (tertiary/aromatic N) is 2. The Morgan fingerprint density at radius 3 is 2.33 bits per heavy atom.